The second-order valence-corrected chi connectivity index (χ2v) is 3.68. The summed E-state index contributed by atoms with van der Waals surface area (Å²) in [6.07, 6.45) is 1.74. The monoisotopic (exact) mass is 245 g/mol. The first-order chi connectivity index (χ1) is 8.83. The van der Waals surface area contributed by atoms with Crippen LogP contribution < -0.4 is 10.1 Å². The van der Waals surface area contributed by atoms with E-state index in [1.807, 2.05) is 24.3 Å². The van der Waals surface area contributed by atoms with Gasteiger partial charge in [0.25, 0.3) is 0 Å². The number of ether oxygens (including phenoxy) is 1. The van der Waals surface area contributed by atoms with Gasteiger partial charge in [-0.25, -0.2) is 4.68 Å². The molecule has 0 spiro atoms. The molecule has 0 saturated heterocycles. The van der Waals surface area contributed by atoms with Gasteiger partial charge in [-0.3, -0.25) is 0 Å². The lowest BCUT2D eigenvalue weighted by Gasteiger charge is -2.07. The molecule has 0 unspecified atom stereocenters. The third kappa shape index (κ3) is 2.85. The molecule has 2 aromatic rings. The average molecular weight is 245 g/mol. The third-order valence-corrected chi connectivity index (χ3v) is 2.42. The lowest BCUT2D eigenvalue weighted by molar-refractivity contribution is 0.414. The quantitative estimate of drug-likeness (QED) is 0.781. The molecule has 1 N–H and O–H groups in total. The Morgan fingerprint density at radius 2 is 2.39 bits per heavy atom. The van der Waals surface area contributed by atoms with Gasteiger partial charge in [0, 0.05) is 6.54 Å². The van der Waals surface area contributed by atoms with Gasteiger partial charge in [0.1, 0.15) is 5.75 Å². The molecule has 94 valence electrons. The third-order valence-electron chi connectivity index (χ3n) is 2.42. The Kier molecular flexibility index (Phi) is 3.90. The largest absolute Gasteiger partial charge is 0.497 e. The average Bonchev–Trinajstić information content (AvgIpc) is 2.85. The van der Waals surface area contributed by atoms with Crippen molar-refractivity contribution in [2.24, 2.45) is 0 Å². The highest BCUT2D eigenvalue weighted by Crippen LogP contribution is 2.13. The molecule has 0 aliphatic rings. The SMILES string of the molecule is C=CCn1nnnc1NCc1cccc(OC)c1. The Morgan fingerprint density at radius 1 is 1.50 bits per heavy atom. The van der Waals surface area contributed by atoms with Crippen LogP contribution in [0.25, 0.3) is 0 Å². The van der Waals surface area contributed by atoms with Crippen LogP contribution >= 0.6 is 0 Å². The Hall–Kier alpha value is -2.37. The van der Waals surface area contributed by atoms with Crippen molar-refractivity contribution in [2.45, 2.75) is 13.1 Å². The van der Waals surface area contributed by atoms with Gasteiger partial charge in [0.05, 0.1) is 13.7 Å². The maximum absolute atomic E-state index is 5.17. The normalized spacial score (nSPS) is 10.1. The van der Waals surface area contributed by atoms with Crippen LogP contribution in [0.2, 0.25) is 0 Å². The molecule has 1 aromatic carbocycles. The fraction of sp³-hybridized carbons (Fsp3) is 0.250. The van der Waals surface area contributed by atoms with E-state index in [0.717, 1.165) is 11.3 Å². The molecule has 6 heteroatoms. The van der Waals surface area contributed by atoms with Gasteiger partial charge in [-0.15, -0.1) is 6.58 Å². The lowest BCUT2D eigenvalue weighted by atomic mass is 10.2. The summed E-state index contributed by atoms with van der Waals surface area (Å²) in [5.41, 5.74) is 1.10. The molecule has 0 amide bonds. The van der Waals surface area contributed by atoms with Crippen molar-refractivity contribution < 1.29 is 4.74 Å². The zero-order valence-corrected chi connectivity index (χ0v) is 10.2. The van der Waals surface area contributed by atoms with Gasteiger partial charge < -0.3 is 10.1 Å². The molecule has 1 aromatic heterocycles. The van der Waals surface area contributed by atoms with Gasteiger partial charge in [0.2, 0.25) is 5.95 Å². The van der Waals surface area contributed by atoms with Gasteiger partial charge >= 0.3 is 0 Å². The Morgan fingerprint density at radius 3 is 3.17 bits per heavy atom. The maximum atomic E-state index is 5.17. The fourth-order valence-corrected chi connectivity index (χ4v) is 1.54. The predicted molar refractivity (Wildman–Crippen MR) is 68.3 cm³/mol. The molecule has 0 fully saturated rings. The first kappa shape index (κ1) is 12.1. The number of benzene rings is 1. The van der Waals surface area contributed by atoms with Crippen LogP contribution in [0, 0.1) is 0 Å². The van der Waals surface area contributed by atoms with Crippen molar-refractivity contribution in [1.29, 1.82) is 0 Å². The number of nitrogens with zero attached hydrogens (tertiary/aromatic N) is 4. The predicted octanol–water partition coefficient (Wildman–Crippen LogP) is 1.48. The minimum atomic E-state index is 0.577. The Balaban J connectivity index is 2.01. The van der Waals surface area contributed by atoms with Crippen molar-refractivity contribution in [1.82, 2.24) is 20.2 Å². The molecule has 0 atom stereocenters. The van der Waals surface area contributed by atoms with Crippen LogP contribution in [0.1, 0.15) is 5.56 Å². The van der Waals surface area contributed by atoms with E-state index >= 15 is 0 Å². The number of nitrogens with one attached hydrogen (secondary N) is 1. The van der Waals surface area contributed by atoms with Crippen molar-refractivity contribution in [3.8, 4) is 5.75 Å². The van der Waals surface area contributed by atoms with E-state index < -0.39 is 0 Å². The molecular formula is C12H15N5O. The minimum Gasteiger partial charge on any atom is -0.497 e. The molecule has 6 nitrogen and oxygen atoms in total. The number of methoxy groups -OCH3 is 1. The van der Waals surface area contributed by atoms with Crippen LogP contribution in [0.15, 0.2) is 36.9 Å². The summed E-state index contributed by atoms with van der Waals surface area (Å²) in [7, 11) is 1.65. The van der Waals surface area contributed by atoms with Crippen molar-refractivity contribution in [3.63, 3.8) is 0 Å². The summed E-state index contributed by atoms with van der Waals surface area (Å²) in [6.45, 7) is 4.87. The highest BCUT2D eigenvalue weighted by molar-refractivity contribution is 5.32. The highest BCUT2D eigenvalue weighted by atomic mass is 16.5. The van der Waals surface area contributed by atoms with E-state index in [2.05, 4.69) is 27.4 Å². The number of rotatable bonds is 6. The summed E-state index contributed by atoms with van der Waals surface area (Å²) in [5.74, 6) is 1.46. The van der Waals surface area contributed by atoms with E-state index in [-0.39, 0.29) is 0 Å². The number of tetrazole rings is 1. The van der Waals surface area contributed by atoms with E-state index in [4.69, 9.17) is 4.74 Å². The first-order valence-corrected chi connectivity index (χ1v) is 5.57. The Labute approximate surface area is 105 Å². The van der Waals surface area contributed by atoms with E-state index in [1.54, 1.807) is 17.9 Å². The van der Waals surface area contributed by atoms with Crippen molar-refractivity contribution in [2.75, 3.05) is 12.4 Å². The smallest absolute Gasteiger partial charge is 0.243 e. The number of anilines is 1. The number of aromatic nitrogens is 4. The van der Waals surface area contributed by atoms with Gasteiger partial charge in [0.15, 0.2) is 0 Å². The number of hydrogen-bond acceptors (Lipinski definition) is 5. The van der Waals surface area contributed by atoms with E-state index in [9.17, 15) is 0 Å². The highest BCUT2D eigenvalue weighted by Gasteiger charge is 2.03. The van der Waals surface area contributed by atoms with Crippen LogP contribution in [0.5, 0.6) is 5.75 Å². The van der Waals surface area contributed by atoms with Crippen molar-refractivity contribution >= 4 is 5.95 Å². The second kappa shape index (κ2) is 5.81. The Bertz CT molecular complexity index is 523. The number of allylic oxidation sites excluding steroid dienone is 1. The molecular weight excluding hydrogens is 230 g/mol. The zero-order valence-electron chi connectivity index (χ0n) is 10.2. The van der Waals surface area contributed by atoms with E-state index in [0.29, 0.717) is 19.0 Å². The number of hydrogen-bond donors (Lipinski definition) is 1. The van der Waals surface area contributed by atoms with Gasteiger partial charge in [-0.1, -0.05) is 23.3 Å². The summed E-state index contributed by atoms with van der Waals surface area (Å²) >= 11 is 0. The van der Waals surface area contributed by atoms with Crippen molar-refractivity contribution in [3.05, 3.63) is 42.5 Å². The van der Waals surface area contributed by atoms with Crippen LogP contribution in [0.3, 0.4) is 0 Å². The molecule has 2 rings (SSSR count). The minimum absolute atomic E-state index is 0.577. The van der Waals surface area contributed by atoms with Gasteiger partial charge in [-0.05, 0) is 28.1 Å². The molecule has 18 heavy (non-hydrogen) atoms. The first-order valence-electron chi connectivity index (χ1n) is 5.57. The summed E-state index contributed by atoms with van der Waals surface area (Å²) in [4.78, 5) is 0. The second-order valence-electron chi connectivity index (χ2n) is 3.68. The molecule has 0 aliphatic heterocycles. The zero-order chi connectivity index (χ0) is 12.8. The standard InChI is InChI=1S/C12H15N5O/c1-3-7-17-12(14-15-16-17)13-9-10-5-4-6-11(8-10)18-2/h3-6,8H,1,7,9H2,2H3,(H,13,14,16). The van der Waals surface area contributed by atoms with Crippen LogP contribution in [-0.2, 0) is 13.1 Å². The van der Waals surface area contributed by atoms with Crippen LogP contribution in [-0.4, -0.2) is 27.3 Å². The molecule has 0 radical (unpaired) electrons. The molecule has 0 bridgehead atoms. The molecule has 0 saturated carbocycles. The molecule has 1 heterocycles. The maximum Gasteiger partial charge on any atom is 0.243 e. The lowest BCUT2D eigenvalue weighted by Crippen LogP contribution is -2.08. The fourth-order valence-electron chi connectivity index (χ4n) is 1.54. The summed E-state index contributed by atoms with van der Waals surface area (Å²) in [5, 5.41) is 14.5. The topological polar surface area (TPSA) is 64.9 Å². The van der Waals surface area contributed by atoms with Crippen LogP contribution in [0.4, 0.5) is 5.95 Å². The summed E-state index contributed by atoms with van der Waals surface area (Å²) in [6, 6.07) is 7.83. The summed E-state index contributed by atoms with van der Waals surface area (Å²) < 4.78 is 6.81. The van der Waals surface area contributed by atoms with E-state index in [1.165, 1.54) is 0 Å². The molecule has 0 aliphatic carbocycles. The van der Waals surface area contributed by atoms with Gasteiger partial charge in [-0.2, -0.15) is 0 Å².